The number of carbonyl (C=O) groups is 1. The number of halogens is 3. The van der Waals surface area contributed by atoms with Crippen molar-refractivity contribution in [1.82, 2.24) is 9.88 Å². The number of hydrogen-bond acceptors (Lipinski definition) is 7. The van der Waals surface area contributed by atoms with Gasteiger partial charge in [-0.15, -0.1) is 11.3 Å². The molecule has 1 fully saturated rings. The first-order chi connectivity index (χ1) is 24.0. The molecule has 1 aliphatic heterocycles. The molecule has 15 heteroatoms. The minimum atomic E-state index is -4.87. The van der Waals surface area contributed by atoms with Crippen LogP contribution in [0, 0.1) is 22.7 Å². The number of aromatic nitrogens is 2. The predicted molar refractivity (Wildman–Crippen MR) is 180 cm³/mol. The number of ether oxygens (including phenoxy) is 1. The fourth-order valence-electron chi connectivity index (χ4n) is 6.14. The summed E-state index contributed by atoms with van der Waals surface area (Å²) in [6.45, 7) is -0.464. The third-order valence-electron chi connectivity index (χ3n) is 8.54. The Morgan fingerprint density at radius 1 is 1.08 bits per heavy atom. The van der Waals surface area contributed by atoms with Gasteiger partial charge in [0, 0.05) is 48.9 Å². The van der Waals surface area contributed by atoms with Crippen LogP contribution in [0.3, 0.4) is 0 Å². The fraction of sp³-hybridized carbons (Fsp3) is 0.229. The van der Waals surface area contributed by atoms with E-state index < -0.39 is 50.9 Å². The van der Waals surface area contributed by atoms with Gasteiger partial charge in [0.2, 0.25) is 0 Å². The van der Waals surface area contributed by atoms with Crippen molar-refractivity contribution < 1.29 is 41.0 Å². The molecule has 2 unspecified atom stereocenters. The van der Waals surface area contributed by atoms with Crippen molar-refractivity contribution in [2.75, 3.05) is 24.7 Å². The Bertz CT molecular complexity index is 2120. The van der Waals surface area contributed by atoms with Crippen molar-refractivity contribution in [2.45, 2.75) is 36.1 Å². The van der Waals surface area contributed by atoms with Gasteiger partial charge in [-0.3, -0.25) is 0 Å². The van der Waals surface area contributed by atoms with E-state index in [4.69, 9.17) is 9.72 Å². The summed E-state index contributed by atoms with van der Waals surface area (Å²) in [6, 6.07) is 18.2. The number of sulfonamides is 1. The molecule has 0 spiro atoms. The van der Waals surface area contributed by atoms with Crippen molar-refractivity contribution in [1.29, 1.82) is 0 Å². The van der Waals surface area contributed by atoms with E-state index in [0.29, 0.717) is 55.9 Å². The molecule has 0 bridgehead atoms. The fourth-order valence-corrected chi connectivity index (χ4v) is 8.83. The average molecular weight is 725 g/mol. The van der Waals surface area contributed by atoms with Gasteiger partial charge in [0.05, 0.1) is 21.3 Å². The summed E-state index contributed by atoms with van der Waals surface area (Å²) in [4.78, 5) is 18.0. The van der Waals surface area contributed by atoms with Crippen molar-refractivity contribution >= 4 is 33.1 Å². The highest BCUT2D eigenvalue weighted by atomic mass is 32.2. The van der Waals surface area contributed by atoms with Crippen LogP contribution in [0.5, 0.6) is 0 Å². The zero-order valence-electron chi connectivity index (χ0n) is 26.6. The van der Waals surface area contributed by atoms with Gasteiger partial charge in [0.1, 0.15) is 23.3 Å². The second kappa shape index (κ2) is 14.5. The molecule has 5 aromatic rings. The van der Waals surface area contributed by atoms with Gasteiger partial charge < -0.3 is 20.0 Å². The topological polar surface area (TPSA) is 127 Å². The summed E-state index contributed by atoms with van der Waals surface area (Å²) in [5.74, 6) is -3.44. The molecule has 2 atom stereocenters. The third kappa shape index (κ3) is 7.02. The third-order valence-corrected chi connectivity index (χ3v) is 11.6. The zero-order chi connectivity index (χ0) is 35.6. The lowest BCUT2D eigenvalue weighted by Crippen LogP contribution is -2.46. The highest BCUT2D eigenvalue weighted by molar-refractivity contribution is 7.92. The summed E-state index contributed by atoms with van der Waals surface area (Å²) in [5, 5.41) is 22.5. The van der Waals surface area contributed by atoms with Crippen LogP contribution in [-0.4, -0.2) is 55.9 Å². The minimum absolute atomic E-state index is 0.0846. The lowest BCUT2D eigenvalue weighted by molar-refractivity contribution is -0.605. The Kier molecular flexibility index (Phi) is 10.1. The first kappa shape index (κ1) is 34.9. The molecule has 6 rings (SSSR count). The number of hydrogen-bond donors (Lipinski definition) is 1. The van der Waals surface area contributed by atoms with E-state index in [9.17, 15) is 32.3 Å². The molecule has 0 aliphatic carbocycles. The van der Waals surface area contributed by atoms with Gasteiger partial charge in [-0.05, 0) is 55.2 Å². The molecule has 1 N–H and O–H groups in total. The van der Waals surface area contributed by atoms with E-state index in [1.165, 1.54) is 53.9 Å². The van der Waals surface area contributed by atoms with Crippen LogP contribution in [0.25, 0.3) is 21.7 Å². The van der Waals surface area contributed by atoms with Gasteiger partial charge >= 0.3 is 6.09 Å². The van der Waals surface area contributed by atoms with Crippen molar-refractivity contribution in [3.8, 4) is 21.7 Å². The Labute approximate surface area is 290 Å². The Morgan fingerprint density at radius 3 is 2.52 bits per heavy atom. The van der Waals surface area contributed by atoms with E-state index in [0.717, 1.165) is 11.6 Å². The summed E-state index contributed by atoms with van der Waals surface area (Å²) in [6.07, 6.45) is 2.95. The van der Waals surface area contributed by atoms with Crippen LogP contribution >= 0.6 is 11.3 Å². The van der Waals surface area contributed by atoms with Gasteiger partial charge in [-0.25, -0.2) is 35.7 Å². The average Bonchev–Trinajstić information content (AvgIpc) is 3.54. The van der Waals surface area contributed by atoms with Gasteiger partial charge in [-0.1, -0.05) is 36.4 Å². The molecule has 50 heavy (non-hydrogen) atoms. The second-order valence-corrected chi connectivity index (χ2v) is 14.6. The smallest absolute Gasteiger partial charge is 0.407 e. The number of pyridine rings is 1. The molecule has 0 radical (unpaired) electrons. The SMILES string of the molecule is COCN(c1cccc(-c2nc(C3CCN(C(=O)O)C(Cc4ccccc4)C3)sc2-c2cc[n+]([O-])cc2)c1F)S(=O)(=O)c1cc(F)ccc1F. The quantitative estimate of drug-likeness (QED) is 0.0955. The molecule has 3 heterocycles. The largest absolute Gasteiger partial charge is 0.619 e. The highest BCUT2D eigenvalue weighted by Crippen LogP contribution is 2.44. The maximum Gasteiger partial charge on any atom is 0.407 e. The molecule has 260 valence electrons. The normalized spacial score (nSPS) is 16.4. The second-order valence-electron chi connectivity index (χ2n) is 11.7. The number of nitrogens with zero attached hydrogens (tertiary/aromatic N) is 4. The van der Waals surface area contributed by atoms with E-state index >= 15 is 4.39 Å². The molecule has 2 aromatic heterocycles. The molecule has 1 aliphatic rings. The van der Waals surface area contributed by atoms with Crippen LogP contribution < -0.4 is 9.04 Å². The first-order valence-electron chi connectivity index (χ1n) is 15.5. The lowest BCUT2D eigenvalue weighted by atomic mass is 9.88. The van der Waals surface area contributed by atoms with Crippen molar-refractivity contribution in [2.24, 2.45) is 0 Å². The molecule has 1 amide bonds. The van der Waals surface area contributed by atoms with Crippen molar-refractivity contribution in [3.05, 3.63) is 124 Å². The Balaban J connectivity index is 1.44. The van der Waals surface area contributed by atoms with E-state index in [1.54, 1.807) is 12.1 Å². The number of piperidine rings is 1. The minimum Gasteiger partial charge on any atom is -0.619 e. The van der Waals surface area contributed by atoms with E-state index in [-0.39, 0.29) is 29.8 Å². The number of anilines is 1. The highest BCUT2D eigenvalue weighted by Gasteiger charge is 2.36. The number of rotatable bonds is 10. The first-order valence-corrected chi connectivity index (χ1v) is 17.7. The zero-order valence-corrected chi connectivity index (χ0v) is 28.2. The molecular weight excluding hydrogens is 694 g/mol. The Hall–Kier alpha value is -4.99. The van der Waals surface area contributed by atoms with Crippen LogP contribution in [0.15, 0.2) is 96.2 Å². The summed E-state index contributed by atoms with van der Waals surface area (Å²) in [7, 11) is -3.69. The molecule has 1 saturated heterocycles. The van der Waals surface area contributed by atoms with Gasteiger partial charge in [-0.2, -0.15) is 4.73 Å². The van der Waals surface area contributed by atoms with E-state index in [2.05, 4.69) is 0 Å². The lowest BCUT2D eigenvalue weighted by Gasteiger charge is -2.37. The monoisotopic (exact) mass is 724 g/mol. The maximum absolute atomic E-state index is 16.7. The number of benzene rings is 3. The van der Waals surface area contributed by atoms with Crippen LogP contribution in [0.4, 0.5) is 23.7 Å². The number of amides is 1. The molecule has 10 nitrogen and oxygen atoms in total. The molecule has 3 aromatic carbocycles. The summed E-state index contributed by atoms with van der Waals surface area (Å²) < 4.78 is 79.0. The van der Waals surface area contributed by atoms with E-state index in [1.807, 2.05) is 30.3 Å². The van der Waals surface area contributed by atoms with Crippen LogP contribution in [0.2, 0.25) is 0 Å². The number of methoxy groups -OCH3 is 1. The molecule has 0 saturated carbocycles. The number of thiazole rings is 1. The van der Waals surface area contributed by atoms with Gasteiger partial charge in [0.25, 0.3) is 10.0 Å². The van der Waals surface area contributed by atoms with Gasteiger partial charge in [0.15, 0.2) is 18.2 Å². The van der Waals surface area contributed by atoms with Crippen LogP contribution in [-0.2, 0) is 21.2 Å². The standard InChI is InChI=1S/C35H31F3N4O6S2/c1-48-21-42(50(46,47)30-20-25(36)10-11-28(30)37)29-9-5-8-27(31(29)38)32-33(23-12-15-40(45)16-13-23)49-34(39-32)24-14-17-41(35(43)44)26(19-24)18-22-6-3-2-4-7-22/h2-13,15-16,20,24,26H,14,17-19,21H2,1H3,(H,43,44). The predicted octanol–water partition coefficient (Wildman–Crippen LogP) is 6.80. The maximum atomic E-state index is 16.7. The number of likely N-dealkylation sites (tertiary alicyclic amines) is 1. The number of carboxylic acid groups (broad SMARTS) is 1. The summed E-state index contributed by atoms with van der Waals surface area (Å²) >= 11 is 1.27. The molecular formula is C35H31F3N4O6S2. The summed E-state index contributed by atoms with van der Waals surface area (Å²) in [5.41, 5.74) is 1.12. The Morgan fingerprint density at radius 2 is 1.82 bits per heavy atom. The van der Waals surface area contributed by atoms with Crippen LogP contribution in [0.1, 0.15) is 29.3 Å². The van der Waals surface area contributed by atoms with Crippen molar-refractivity contribution in [3.63, 3.8) is 0 Å².